The Balaban J connectivity index is 1.48. The molecule has 0 saturated carbocycles. The number of hydrogen-bond acceptors (Lipinski definition) is 3. The first-order chi connectivity index (χ1) is 12.3. The van der Waals surface area contributed by atoms with Gasteiger partial charge in [0.05, 0.1) is 4.47 Å². The van der Waals surface area contributed by atoms with Gasteiger partial charge in [0.1, 0.15) is 12.4 Å². The van der Waals surface area contributed by atoms with Gasteiger partial charge in [-0.25, -0.2) is 0 Å². The van der Waals surface area contributed by atoms with Crippen LogP contribution in [0.5, 0.6) is 5.75 Å². The summed E-state index contributed by atoms with van der Waals surface area (Å²) < 4.78 is 6.93. The van der Waals surface area contributed by atoms with Crippen LogP contribution in [-0.2, 0) is 13.2 Å². The monoisotopic (exact) mass is 402 g/mol. The lowest BCUT2D eigenvalue weighted by Gasteiger charge is -2.23. The summed E-state index contributed by atoms with van der Waals surface area (Å²) in [6, 6.07) is 17.3. The number of hydrogen-bond donors (Lipinski definition) is 1. The van der Waals surface area contributed by atoms with Gasteiger partial charge in [0.15, 0.2) is 0 Å². The van der Waals surface area contributed by atoms with Gasteiger partial charge in [0.2, 0.25) is 0 Å². The number of likely N-dealkylation sites (tertiary alicyclic amines) is 1. The Morgan fingerprint density at radius 1 is 1.16 bits per heavy atom. The van der Waals surface area contributed by atoms with Gasteiger partial charge in [0, 0.05) is 19.1 Å². The molecule has 0 amide bonds. The second kappa shape index (κ2) is 9.37. The summed E-state index contributed by atoms with van der Waals surface area (Å²) in [6.07, 6.45) is 2.65. The Kier molecular flexibility index (Phi) is 6.91. The zero-order valence-corrected chi connectivity index (χ0v) is 16.5. The fraction of sp³-hybridized carbons (Fsp3) is 0.429. The molecule has 3 rings (SSSR count). The zero-order valence-electron chi connectivity index (χ0n) is 14.9. The lowest BCUT2D eigenvalue weighted by molar-refractivity contribution is 0.260. The van der Waals surface area contributed by atoms with Crippen LogP contribution in [0.15, 0.2) is 53.0 Å². The zero-order chi connectivity index (χ0) is 17.5. The summed E-state index contributed by atoms with van der Waals surface area (Å²) in [6.45, 7) is 7.21. The summed E-state index contributed by atoms with van der Waals surface area (Å²) in [5.74, 6) is 0.889. The second-order valence-electron chi connectivity index (χ2n) is 6.59. The van der Waals surface area contributed by atoms with E-state index in [1.165, 1.54) is 30.5 Å². The quantitative estimate of drug-likeness (QED) is 0.697. The molecule has 0 aromatic heterocycles. The standard InChI is InChI=1S/C21H27BrN2O/c1-2-24-12-6-9-19(24)15-23-14-18-10-11-21(20(22)13-18)25-16-17-7-4-3-5-8-17/h3-5,7-8,10-11,13,19,23H,2,6,9,12,14-16H2,1H3. The molecule has 1 unspecified atom stereocenters. The van der Waals surface area contributed by atoms with Crippen molar-refractivity contribution in [1.82, 2.24) is 10.2 Å². The maximum absolute atomic E-state index is 5.92. The van der Waals surface area contributed by atoms with E-state index in [0.29, 0.717) is 12.6 Å². The molecule has 1 N–H and O–H groups in total. The molecule has 2 aromatic carbocycles. The van der Waals surface area contributed by atoms with Crippen LogP contribution in [0, 0.1) is 0 Å². The van der Waals surface area contributed by atoms with Crippen LogP contribution >= 0.6 is 15.9 Å². The van der Waals surface area contributed by atoms with Gasteiger partial charge in [-0.1, -0.05) is 43.3 Å². The number of rotatable bonds is 8. The van der Waals surface area contributed by atoms with E-state index in [-0.39, 0.29) is 0 Å². The van der Waals surface area contributed by atoms with Gasteiger partial charge in [-0.3, -0.25) is 4.90 Å². The van der Waals surface area contributed by atoms with E-state index in [9.17, 15) is 0 Å². The van der Waals surface area contributed by atoms with Gasteiger partial charge in [-0.05, 0) is 65.1 Å². The van der Waals surface area contributed by atoms with Crippen LogP contribution in [0.4, 0.5) is 0 Å². The van der Waals surface area contributed by atoms with E-state index >= 15 is 0 Å². The van der Waals surface area contributed by atoms with Crippen molar-refractivity contribution in [3.8, 4) is 5.75 Å². The Bertz CT molecular complexity index is 662. The summed E-state index contributed by atoms with van der Waals surface area (Å²) in [5.41, 5.74) is 2.46. The molecule has 1 saturated heterocycles. The molecule has 1 aliphatic heterocycles. The van der Waals surface area contributed by atoms with Crippen LogP contribution in [-0.4, -0.2) is 30.6 Å². The molecule has 0 bridgehead atoms. The number of nitrogens with zero attached hydrogens (tertiary/aromatic N) is 1. The maximum Gasteiger partial charge on any atom is 0.134 e. The van der Waals surface area contributed by atoms with Crippen molar-refractivity contribution < 1.29 is 4.74 Å². The molecule has 4 heteroatoms. The molecule has 25 heavy (non-hydrogen) atoms. The van der Waals surface area contributed by atoms with Crippen molar-refractivity contribution in [3.63, 3.8) is 0 Å². The minimum absolute atomic E-state index is 0.589. The highest BCUT2D eigenvalue weighted by Crippen LogP contribution is 2.27. The molecular weight excluding hydrogens is 376 g/mol. The fourth-order valence-electron chi connectivity index (χ4n) is 3.43. The first-order valence-electron chi connectivity index (χ1n) is 9.16. The van der Waals surface area contributed by atoms with Crippen LogP contribution in [0.1, 0.15) is 30.9 Å². The third-order valence-corrected chi connectivity index (χ3v) is 5.47. The van der Waals surface area contributed by atoms with Gasteiger partial charge in [0.25, 0.3) is 0 Å². The molecular formula is C21H27BrN2O. The van der Waals surface area contributed by atoms with Crippen molar-refractivity contribution >= 4 is 15.9 Å². The van der Waals surface area contributed by atoms with E-state index < -0.39 is 0 Å². The number of benzene rings is 2. The smallest absolute Gasteiger partial charge is 0.134 e. The predicted octanol–water partition coefficient (Wildman–Crippen LogP) is 4.60. The minimum Gasteiger partial charge on any atom is -0.488 e. The van der Waals surface area contributed by atoms with Crippen molar-refractivity contribution in [3.05, 3.63) is 64.1 Å². The first kappa shape index (κ1) is 18.4. The summed E-state index contributed by atoms with van der Waals surface area (Å²) in [5, 5.41) is 3.61. The average Bonchev–Trinajstić information content (AvgIpc) is 3.09. The Hall–Kier alpha value is -1.36. The maximum atomic E-state index is 5.92. The molecule has 0 spiro atoms. The van der Waals surface area contributed by atoms with E-state index in [1.807, 2.05) is 18.2 Å². The largest absolute Gasteiger partial charge is 0.488 e. The SMILES string of the molecule is CCN1CCCC1CNCc1ccc(OCc2ccccc2)c(Br)c1. The van der Waals surface area contributed by atoms with Crippen molar-refractivity contribution in [2.24, 2.45) is 0 Å². The number of likely N-dealkylation sites (N-methyl/N-ethyl adjacent to an activating group) is 1. The summed E-state index contributed by atoms with van der Waals surface area (Å²) in [7, 11) is 0. The Morgan fingerprint density at radius 2 is 2.00 bits per heavy atom. The molecule has 1 atom stereocenters. The van der Waals surface area contributed by atoms with Gasteiger partial charge >= 0.3 is 0 Å². The molecule has 134 valence electrons. The molecule has 2 aromatic rings. The highest BCUT2D eigenvalue weighted by molar-refractivity contribution is 9.10. The van der Waals surface area contributed by atoms with Gasteiger partial charge in [-0.15, -0.1) is 0 Å². The van der Waals surface area contributed by atoms with Crippen LogP contribution in [0.3, 0.4) is 0 Å². The summed E-state index contributed by atoms with van der Waals surface area (Å²) >= 11 is 3.64. The lowest BCUT2D eigenvalue weighted by atomic mass is 10.2. The topological polar surface area (TPSA) is 24.5 Å². The lowest BCUT2D eigenvalue weighted by Crippen LogP contribution is -2.37. The van der Waals surface area contributed by atoms with E-state index in [1.54, 1.807) is 0 Å². The highest BCUT2D eigenvalue weighted by atomic mass is 79.9. The molecule has 3 nitrogen and oxygen atoms in total. The number of halogens is 1. The first-order valence-corrected chi connectivity index (χ1v) is 9.95. The second-order valence-corrected chi connectivity index (χ2v) is 7.45. The van der Waals surface area contributed by atoms with E-state index in [0.717, 1.165) is 29.9 Å². The molecule has 1 aliphatic rings. The third-order valence-electron chi connectivity index (χ3n) is 4.85. The van der Waals surface area contributed by atoms with E-state index in [4.69, 9.17) is 4.74 Å². The molecule has 1 heterocycles. The highest BCUT2D eigenvalue weighted by Gasteiger charge is 2.22. The van der Waals surface area contributed by atoms with Crippen LogP contribution in [0.25, 0.3) is 0 Å². The van der Waals surface area contributed by atoms with Crippen molar-refractivity contribution in [1.29, 1.82) is 0 Å². The normalized spacial score (nSPS) is 17.8. The molecule has 0 radical (unpaired) electrons. The minimum atomic E-state index is 0.589. The third kappa shape index (κ3) is 5.30. The van der Waals surface area contributed by atoms with E-state index in [2.05, 4.69) is 63.4 Å². The van der Waals surface area contributed by atoms with Crippen LogP contribution < -0.4 is 10.1 Å². The fourth-order valence-corrected chi connectivity index (χ4v) is 3.97. The number of ether oxygens (including phenoxy) is 1. The van der Waals surface area contributed by atoms with Gasteiger partial charge < -0.3 is 10.1 Å². The van der Waals surface area contributed by atoms with Crippen molar-refractivity contribution in [2.75, 3.05) is 19.6 Å². The predicted molar refractivity (Wildman–Crippen MR) is 107 cm³/mol. The molecule has 0 aliphatic carbocycles. The van der Waals surface area contributed by atoms with Crippen LogP contribution in [0.2, 0.25) is 0 Å². The Labute approximate surface area is 159 Å². The van der Waals surface area contributed by atoms with Crippen molar-refractivity contribution in [2.45, 2.75) is 39.0 Å². The Morgan fingerprint density at radius 3 is 2.76 bits per heavy atom. The van der Waals surface area contributed by atoms with Gasteiger partial charge in [-0.2, -0.15) is 0 Å². The number of nitrogens with one attached hydrogen (secondary N) is 1. The molecule has 1 fully saturated rings. The summed E-state index contributed by atoms with van der Waals surface area (Å²) in [4.78, 5) is 2.57. The average molecular weight is 403 g/mol.